The molecular weight excluding hydrogens is 354 g/mol. The molecule has 4 rings (SSSR count). The number of hydrogen-bond donors (Lipinski definition) is 1. The minimum atomic E-state index is 0.00946. The lowest BCUT2D eigenvalue weighted by Crippen LogP contribution is -2.44. The molecule has 1 fully saturated rings. The van der Waals surface area contributed by atoms with Crippen LogP contribution in [0.1, 0.15) is 41.6 Å². The van der Waals surface area contributed by atoms with Crippen molar-refractivity contribution in [2.45, 2.75) is 39.0 Å². The number of urea groups is 1. The van der Waals surface area contributed by atoms with Crippen LogP contribution in [0.5, 0.6) is 0 Å². The number of fused-ring (bicyclic) bond motifs is 1. The van der Waals surface area contributed by atoms with Crippen molar-refractivity contribution in [2.75, 3.05) is 19.6 Å². The molecule has 7 heteroatoms. The molecule has 2 aromatic heterocycles. The molecular formula is C21H27N5O2. The molecule has 0 spiro atoms. The monoisotopic (exact) mass is 381 g/mol. The van der Waals surface area contributed by atoms with E-state index >= 15 is 0 Å². The number of aromatic nitrogens is 3. The Bertz CT molecular complexity index is 949. The van der Waals surface area contributed by atoms with E-state index in [1.54, 1.807) is 0 Å². The largest absolute Gasteiger partial charge is 0.440 e. The molecule has 2 amide bonds. The zero-order chi connectivity index (χ0) is 19.7. The Labute approximate surface area is 164 Å². The van der Waals surface area contributed by atoms with Gasteiger partial charge in [-0.3, -0.25) is 4.68 Å². The summed E-state index contributed by atoms with van der Waals surface area (Å²) in [6, 6.07) is 7.85. The molecule has 1 aliphatic heterocycles. The smallest absolute Gasteiger partial charge is 0.317 e. The first-order valence-electron chi connectivity index (χ1n) is 9.90. The number of piperidine rings is 1. The third-order valence-corrected chi connectivity index (χ3v) is 5.75. The van der Waals surface area contributed by atoms with Crippen molar-refractivity contribution >= 4 is 17.1 Å². The van der Waals surface area contributed by atoms with Crippen LogP contribution in [0.2, 0.25) is 0 Å². The summed E-state index contributed by atoms with van der Waals surface area (Å²) >= 11 is 0. The van der Waals surface area contributed by atoms with Gasteiger partial charge in [-0.1, -0.05) is 12.1 Å². The van der Waals surface area contributed by atoms with Crippen LogP contribution < -0.4 is 5.32 Å². The highest BCUT2D eigenvalue weighted by Gasteiger charge is 2.27. The number of rotatable bonds is 4. The summed E-state index contributed by atoms with van der Waals surface area (Å²) in [5.41, 5.74) is 5.15. The summed E-state index contributed by atoms with van der Waals surface area (Å²) in [6.45, 7) is 6.15. The zero-order valence-electron chi connectivity index (χ0n) is 16.7. The van der Waals surface area contributed by atoms with Crippen molar-refractivity contribution in [3.8, 4) is 0 Å². The van der Waals surface area contributed by atoms with E-state index in [1.807, 2.05) is 47.8 Å². The van der Waals surface area contributed by atoms with Gasteiger partial charge >= 0.3 is 6.03 Å². The van der Waals surface area contributed by atoms with Gasteiger partial charge in [-0.15, -0.1) is 0 Å². The number of hydrogen-bond acceptors (Lipinski definition) is 4. The van der Waals surface area contributed by atoms with Gasteiger partial charge in [0.15, 0.2) is 11.5 Å². The molecule has 148 valence electrons. The number of oxazole rings is 1. The number of nitrogens with one attached hydrogen (secondary N) is 1. The van der Waals surface area contributed by atoms with Crippen LogP contribution in [0, 0.1) is 13.8 Å². The van der Waals surface area contributed by atoms with Crippen LogP contribution in [0.15, 0.2) is 28.7 Å². The van der Waals surface area contributed by atoms with E-state index < -0.39 is 0 Å². The lowest BCUT2D eigenvalue weighted by Gasteiger charge is -2.30. The Kier molecular flexibility index (Phi) is 5.07. The second-order valence-electron chi connectivity index (χ2n) is 7.54. The first-order chi connectivity index (χ1) is 13.5. The maximum absolute atomic E-state index is 12.5. The molecule has 0 atom stereocenters. The van der Waals surface area contributed by atoms with Gasteiger partial charge in [0.2, 0.25) is 0 Å². The first kappa shape index (κ1) is 18.5. The van der Waals surface area contributed by atoms with Crippen LogP contribution in [0.3, 0.4) is 0 Å². The Morgan fingerprint density at radius 3 is 2.68 bits per heavy atom. The third kappa shape index (κ3) is 3.61. The van der Waals surface area contributed by atoms with Gasteiger partial charge in [-0.25, -0.2) is 9.78 Å². The fourth-order valence-corrected chi connectivity index (χ4v) is 3.98. The van der Waals surface area contributed by atoms with Crippen LogP contribution in [0.25, 0.3) is 11.1 Å². The molecule has 3 aromatic rings. The maximum Gasteiger partial charge on any atom is 0.317 e. The second kappa shape index (κ2) is 7.66. The molecule has 0 aliphatic carbocycles. The van der Waals surface area contributed by atoms with Crippen LogP contribution >= 0.6 is 0 Å². The molecule has 0 unspecified atom stereocenters. The van der Waals surface area contributed by atoms with E-state index in [4.69, 9.17) is 4.42 Å². The number of benzene rings is 1. The SMILES string of the molecule is Cc1nn(C)c(C)c1CCNC(=O)N1CCC(c2nc3ccccc3o2)CC1. The minimum absolute atomic E-state index is 0.00946. The molecule has 1 N–H and O–H groups in total. The van der Waals surface area contributed by atoms with Crippen LogP contribution in [-0.4, -0.2) is 45.3 Å². The van der Waals surface area contributed by atoms with Crippen LogP contribution in [-0.2, 0) is 13.5 Å². The number of para-hydroxylation sites is 2. The molecule has 7 nitrogen and oxygen atoms in total. The Morgan fingerprint density at radius 2 is 2.00 bits per heavy atom. The quantitative estimate of drug-likeness (QED) is 0.752. The topological polar surface area (TPSA) is 76.2 Å². The van der Waals surface area contributed by atoms with Crippen LogP contribution in [0.4, 0.5) is 4.79 Å². The number of carbonyl (C=O) groups excluding carboxylic acids is 1. The molecule has 1 saturated heterocycles. The molecule has 28 heavy (non-hydrogen) atoms. The number of likely N-dealkylation sites (tertiary alicyclic amines) is 1. The molecule has 1 aliphatic rings. The highest BCUT2D eigenvalue weighted by molar-refractivity contribution is 5.74. The molecule has 0 saturated carbocycles. The van der Waals surface area contributed by atoms with E-state index in [1.165, 1.54) is 5.56 Å². The zero-order valence-corrected chi connectivity index (χ0v) is 16.7. The van der Waals surface area contributed by atoms with Crippen molar-refractivity contribution in [3.05, 3.63) is 47.1 Å². The van der Waals surface area contributed by atoms with Crippen molar-refractivity contribution in [1.82, 2.24) is 25.0 Å². The highest BCUT2D eigenvalue weighted by Crippen LogP contribution is 2.29. The van der Waals surface area contributed by atoms with Crippen molar-refractivity contribution in [2.24, 2.45) is 7.05 Å². The highest BCUT2D eigenvalue weighted by atomic mass is 16.3. The Balaban J connectivity index is 1.28. The average molecular weight is 381 g/mol. The van der Waals surface area contributed by atoms with Gasteiger partial charge in [0.25, 0.3) is 0 Å². The normalized spacial score (nSPS) is 15.3. The number of amides is 2. The molecule has 0 radical (unpaired) electrons. The van der Waals surface area contributed by atoms with Gasteiger partial charge in [0.05, 0.1) is 5.69 Å². The van der Waals surface area contributed by atoms with Gasteiger partial charge in [-0.2, -0.15) is 5.10 Å². The average Bonchev–Trinajstić information content (AvgIpc) is 3.24. The lowest BCUT2D eigenvalue weighted by molar-refractivity contribution is 0.177. The standard InChI is InChI=1S/C21H27N5O2/c1-14-17(15(2)25(3)24-14)8-11-22-21(27)26-12-9-16(10-13-26)20-23-18-6-4-5-7-19(18)28-20/h4-7,16H,8-13H2,1-3H3,(H,22,27). The first-order valence-corrected chi connectivity index (χ1v) is 9.90. The summed E-state index contributed by atoms with van der Waals surface area (Å²) in [4.78, 5) is 19.0. The van der Waals surface area contributed by atoms with Gasteiger partial charge in [-0.05, 0) is 50.8 Å². The van der Waals surface area contributed by atoms with Gasteiger partial charge in [0.1, 0.15) is 5.52 Å². The number of carbonyl (C=O) groups is 1. The fraction of sp³-hybridized carbons (Fsp3) is 0.476. The maximum atomic E-state index is 12.5. The van der Waals surface area contributed by atoms with E-state index in [9.17, 15) is 4.79 Å². The van der Waals surface area contributed by atoms with Gasteiger partial charge in [0, 0.05) is 38.3 Å². The van der Waals surface area contributed by atoms with Crippen molar-refractivity contribution in [1.29, 1.82) is 0 Å². The lowest BCUT2D eigenvalue weighted by atomic mass is 9.97. The van der Waals surface area contributed by atoms with E-state index in [0.29, 0.717) is 6.54 Å². The van der Waals surface area contributed by atoms with Crippen molar-refractivity contribution in [3.63, 3.8) is 0 Å². The van der Waals surface area contributed by atoms with E-state index in [0.717, 1.165) is 60.7 Å². The predicted octanol–water partition coefficient (Wildman–Crippen LogP) is 3.31. The summed E-state index contributed by atoms with van der Waals surface area (Å²) in [5.74, 6) is 1.07. The predicted molar refractivity (Wildman–Crippen MR) is 107 cm³/mol. The summed E-state index contributed by atoms with van der Waals surface area (Å²) < 4.78 is 7.80. The molecule has 3 heterocycles. The molecule has 1 aromatic carbocycles. The molecule has 0 bridgehead atoms. The minimum Gasteiger partial charge on any atom is -0.440 e. The Morgan fingerprint density at radius 1 is 1.25 bits per heavy atom. The van der Waals surface area contributed by atoms with Crippen molar-refractivity contribution < 1.29 is 9.21 Å². The van der Waals surface area contributed by atoms with E-state index in [2.05, 4.69) is 22.3 Å². The second-order valence-corrected chi connectivity index (χ2v) is 7.54. The van der Waals surface area contributed by atoms with Gasteiger partial charge < -0.3 is 14.6 Å². The summed E-state index contributed by atoms with van der Waals surface area (Å²) in [6.07, 6.45) is 2.55. The van der Waals surface area contributed by atoms with E-state index in [-0.39, 0.29) is 11.9 Å². The summed E-state index contributed by atoms with van der Waals surface area (Å²) in [7, 11) is 1.95. The number of nitrogens with zero attached hydrogens (tertiary/aromatic N) is 4. The third-order valence-electron chi connectivity index (χ3n) is 5.75. The number of aryl methyl sites for hydroxylation is 2. The Hall–Kier alpha value is -2.83. The fourth-order valence-electron chi connectivity index (χ4n) is 3.98. The summed E-state index contributed by atoms with van der Waals surface area (Å²) in [5, 5.41) is 7.48.